The lowest BCUT2D eigenvalue weighted by molar-refractivity contribution is 0.0963. The number of carbonyl (C=O) groups excluding carboxylic acids is 1. The number of guanidine groups is 1. The van der Waals surface area contributed by atoms with Gasteiger partial charge in [-0.15, -0.1) is 24.0 Å². The fourth-order valence-electron chi connectivity index (χ4n) is 2.84. The summed E-state index contributed by atoms with van der Waals surface area (Å²) in [6.45, 7) is 3.54. The summed E-state index contributed by atoms with van der Waals surface area (Å²) in [6, 6.07) is 8.13. The molecule has 0 radical (unpaired) electrons. The van der Waals surface area contributed by atoms with E-state index >= 15 is 0 Å². The fourth-order valence-corrected chi connectivity index (χ4v) is 2.84. The van der Waals surface area contributed by atoms with Crippen LogP contribution in [0, 0.1) is 0 Å². The van der Waals surface area contributed by atoms with Crippen LogP contribution in [0.3, 0.4) is 0 Å². The average Bonchev–Trinajstić information content (AvgIpc) is 2.60. The van der Waals surface area contributed by atoms with Gasteiger partial charge in [-0.05, 0) is 37.5 Å². The van der Waals surface area contributed by atoms with E-state index in [-0.39, 0.29) is 29.9 Å². The van der Waals surface area contributed by atoms with Crippen LogP contribution < -0.4 is 16.0 Å². The van der Waals surface area contributed by atoms with Crippen molar-refractivity contribution in [3.63, 3.8) is 0 Å². The zero-order chi connectivity index (χ0) is 16.5. The summed E-state index contributed by atoms with van der Waals surface area (Å²) in [7, 11) is 1.64. The normalized spacial score (nSPS) is 15.3. The van der Waals surface area contributed by atoms with Crippen molar-refractivity contribution < 1.29 is 4.79 Å². The van der Waals surface area contributed by atoms with Crippen LogP contribution in [0.4, 0.5) is 0 Å². The second kappa shape index (κ2) is 11.3. The Kier molecular flexibility index (Phi) is 9.75. The fraction of sp³-hybridized carbons (Fsp3) is 0.556. The Morgan fingerprint density at radius 3 is 2.42 bits per heavy atom. The van der Waals surface area contributed by atoms with Crippen molar-refractivity contribution in [3.05, 3.63) is 35.4 Å². The summed E-state index contributed by atoms with van der Waals surface area (Å²) in [5, 5.41) is 9.48. The van der Waals surface area contributed by atoms with Crippen molar-refractivity contribution >= 4 is 35.8 Å². The van der Waals surface area contributed by atoms with Gasteiger partial charge in [-0.25, -0.2) is 4.99 Å². The first kappa shape index (κ1) is 20.7. The van der Waals surface area contributed by atoms with Crippen LogP contribution in [-0.2, 0) is 6.54 Å². The lowest BCUT2D eigenvalue weighted by Gasteiger charge is -2.24. The van der Waals surface area contributed by atoms with Crippen LogP contribution >= 0.6 is 24.0 Å². The van der Waals surface area contributed by atoms with Gasteiger partial charge in [0.15, 0.2) is 5.96 Å². The monoisotopic (exact) mass is 444 g/mol. The molecule has 24 heavy (non-hydrogen) atoms. The zero-order valence-corrected chi connectivity index (χ0v) is 16.9. The topological polar surface area (TPSA) is 65.5 Å². The maximum absolute atomic E-state index is 11.5. The molecular weight excluding hydrogens is 415 g/mol. The molecule has 1 amide bonds. The molecule has 3 N–H and O–H groups in total. The molecule has 0 atom stereocenters. The van der Waals surface area contributed by atoms with E-state index in [2.05, 4.69) is 27.9 Å². The lowest BCUT2D eigenvalue weighted by Crippen LogP contribution is -2.44. The molecule has 2 rings (SSSR count). The lowest BCUT2D eigenvalue weighted by atomic mass is 9.96. The number of nitrogens with zero attached hydrogens (tertiary/aromatic N) is 1. The maximum atomic E-state index is 11.5. The summed E-state index contributed by atoms with van der Waals surface area (Å²) in [5.41, 5.74) is 1.77. The van der Waals surface area contributed by atoms with Gasteiger partial charge >= 0.3 is 0 Å². The Hall–Kier alpha value is -1.31. The highest BCUT2D eigenvalue weighted by molar-refractivity contribution is 14.0. The molecule has 0 saturated heterocycles. The van der Waals surface area contributed by atoms with Crippen LogP contribution in [0.2, 0.25) is 0 Å². The van der Waals surface area contributed by atoms with E-state index in [1.54, 1.807) is 7.05 Å². The van der Waals surface area contributed by atoms with Gasteiger partial charge in [0, 0.05) is 25.2 Å². The molecule has 1 fully saturated rings. The number of benzene rings is 1. The second-order valence-electron chi connectivity index (χ2n) is 5.95. The average molecular weight is 444 g/mol. The SMILES string of the molecule is CCNC(=NCc1ccc(C(=O)NC)cc1)NC1CCCCC1.I. The standard InChI is InChI=1S/C18H28N4O.HI/c1-3-20-18(22-16-7-5-4-6-8-16)21-13-14-9-11-15(12-10-14)17(23)19-2;/h9-12,16H,3-8,13H2,1-2H3,(H,19,23)(H2,20,21,22);1H. The Morgan fingerprint density at radius 1 is 1.17 bits per heavy atom. The molecule has 1 aromatic rings. The van der Waals surface area contributed by atoms with Gasteiger partial charge in [-0.3, -0.25) is 4.79 Å². The third-order valence-electron chi connectivity index (χ3n) is 4.15. The summed E-state index contributed by atoms with van der Waals surface area (Å²) < 4.78 is 0. The summed E-state index contributed by atoms with van der Waals surface area (Å²) >= 11 is 0. The van der Waals surface area contributed by atoms with Gasteiger partial charge < -0.3 is 16.0 Å². The van der Waals surface area contributed by atoms with Gasteiger partial charge in [0.1, 0.15) is 0 Å². The van der Waals surface area contributed by atoms with Crippen molar-refractivity contribution in [1.82, 2.24) is 16.0 Å². The number of aliphatic imine (C=N–C) groups is 1. The molecule has 1 aliphatic carbocycles. The van der Waals surface area contributed by atoms with E-state index in [1.807, 2.05) is 24.3 Å². The third kappa shape index (κ3) is 6.67. The molecule has 134 valence electrons. The van der Waals surface area contributed by atoms with Crippen LogP contribution in [0.25, 0.3) is 0 Å². The maximum Gasteiger partial charge on any atom is 0.251 e. The highest BCUT2D eigenvalue weighted by Gasteiger charge is 2.14. The Morgan fingerprint density at radius 2 is 1.83 bits per heavy atom. The van der Waals surface area contributed by atoms with Crippen molar-refractivity contribution in [3.8, 4) is 0 Å². The molecule has 0 aromatic heterocycles. The quantitative estimate of drug-likeness (QED) is 0.372. The third-order valence-corrected chi connectivity index (χ3v) is 4.15. The van der Waals surface area contributed by atoms with E-state index in [1.165, 1.54) is 32.1 Å². The predicted molar refractivity (Wildman–Crippen MR) is 110 cm³/mol. The minimum Gasteiger partial charge on any atom is -0.357 e. The van der Waals surface area contributed by atoms with Crippen LogP contribution in [0.15, 0.2) is 29.3 Å². The molecule has 0 bridgehead atoms. The van der Waals surface area contributed by atoms with Crippen molar-refractivity contribution in [2.45, 2.75) is 51.6 Å². The Balaban J connectivity index is 0.00000288. The molecule has 1 aliphatic rings. The minimum absolute atomic E-state index is 0. The van der Waals surface area contributed by atoms with E-state index in [0.717, 1.165) is 18.1 Å². The number of hydrogen-bond acceptors (Lipinski definition) is 2. The highest BCUT2D eigenvalue weighted by atomic mass is 127. The number of rotatable bonds is 5. The molecule has 0 spiro atoms. The molecule has 1 saturated carbocycles. The number of carbonyl (C=O) groups is 1. The van der Waals surface area contributed by atoms with Crippen LogP contribution in [-0.4, -0.2) is 31.5 Å². The molecule has 1 aromatic carbocycles. The largest absolute Gasteiger partial charge is 0.357 e. The van der Waals surface area contributed by atoms with Gasteiger partial charge in [0.25, 0.3) is 5.91 Å². The Labute approximate surface area is 162 Å². The first-order valence-corrected chi connectivity index (χ1v) is 8.58. The molecule has 5 nitrogen and oxygen atoms in total. The summed E-state index contributed by atoms with van der Waals surface area (Å²) in [6.07, 6.45) is 6.41. The highest BCUT2D eigenvalue weighted by Crippen LogP contribution is 2.17. The number of amides is 1. The van der Waals surface area contributed by atoms with Crippen molar-refractivity contribution in [2.24, 2.45) is 4.99 Å². The van der Waals surface area contributed by atoms with E-state index < -0.39 is 0 Å². The first-order valence-electron chi connectivity index (χ1n) is 8.58. The molecule has 6 heteroatoms. The number of hydrogen-bond donors (Lipinski definition) is 3. The molecule has 0 aliphatic heterocycles. The Bertz CT molecular complexity index is 524. The number of nitrogens with one attached hydrogen (secondary N) is 3. The van der Waals surface area contributed by atoms with Crippen molar-refractivity contribution in [2.75, 3.05) is 13.6 Å². The van der Waals surface area contributed by atoms with E-state index in [9.17, 15) is 4.79 Å². The van der Waals surface area contributed by atoms with Gasteiger partial charge in [0.2, 0.25) is 0 Å². The second-order valence-corrected chi connectivity index (χ2v) is 5.95. The zero-order valence-electron chi connectivity index (χ0n) is 14.6. The summed E-state index contributed by atoms with van der Waals surface area (Å²) in [5.74, 6) is 0.821. The first-order chi connectivity index (χ1) is 11.2. The van der Waals surface area contributed by atoms with Crippen LogP contribution in [0.1, 0.15) is 54.9 Å². The van der Waals surface area contributed by atoms with Gasteiger partial charge in [-0.2, -0.15) is 0 Å². The number of halogens is 1. The van der Waals surface area contributed by atoms with Crippen molar-refractivity contribution in [1.29, 1.82) is 0 Å². The van der Waals surface area contributed by atoms with Gasteiger partial charge in [0.05, 0.1) is 6.54 Å². The molecular formula is C18H29IN4O. The van der Waals surface area contributed by atoms with E-state index in [0.29, 0.717) is 18.2 Å². The minimum atomic E-state index is -0.0626. The summed E-state index contributed by atoms with van der Waals surface area (Å²) in [4.78, 5) is 16.2. The predicted octanol–water partition coefficient (Wildman–Crippen LogP) is 3.05. The van der Waals surface area contributed by atoms with Gasteiger partial charge in [-0.1, -0.05) is 31.4 Å². The van der Waals surface area contributed by atoms with E-state index in [4.69, 9.17) is 0 Å². The molecule has 0 unspecified atom stereocenters. The smallest absolute Gasteiger partial charge is 0.251 e. The van der Waals surface area contributed by atoms with Crippen LogP contribution in [0.5, 0.6) is 0 Å². The molecule has 0 heterocycles.